The lowest BCUT2D eigenvalue weighted by Crippen LogP contribution is -2.34. The Morgan fingerprint density at radius 3 is 2.83 bits per heavy atom. The monoisotopic (exact) mass is 426 g/mol. The van der Waals surface area contributed by atoms with E-state index in [-0.39, 0.29) is 17.5 Å². The molecule has 160 valence electrons. The predicted octanol–water partition coefficient (Wildman–Crippen LogP) is 2.65. The van der Waals surface area contributed by atoms with Crippen molar-refractivity contribution in [3.8, 4) is 0 Å². The number of halogens is 2. The largest absolute Gasteiger partial charge is 0.382 e. The molecule has 2 rings (SSSR count). The van der Waals surface area contributed by atoms with Gasteiger partial charge in [0.1, 0.15) is 6.10 Å². The van der Waals surface area contributed by atoms with Crippen LogP contribution in [0.25, 0.3) is 0 Å². The number of nitrogens with two attached hydrogens (primary N) is 1. The van der Waals surface area contributed by atoms with Gasteiger partial charge in [-0.05, 0) is 19.3 Å². The Morgan fingerprint density at radius 1 is 1.45 bits per heavy atom. The number of unbranched alkanes of at least 4 members (excludes halogenated alkanes) is 1. The molecule has 1 unspecified atom stereocenters. The van der Waals surface area contributed by atoms with Crippen LogP contribution in [0.3, 0.4) is 0 Å². The second kappa shape index (κ2) is 11.2. The Bertz CT molecular complexity index is 716. The molecule has 0 aliphatic carbocycles. The number of nitrogens with one attached hydrogen (secondary N) is 1. The maximum absolute atomic E-state index is 14.4. The SMILES string of the molecule is CN/C(=N\N)SCCCCN1C(=O)CC[C@@H]1/C=C/C(O)C(F)(F)c1ccccc1. The van der Waals surface area contributed by atoms with Crippen LogP contribution in [0.1, 0.15) is 31.2 Å². The number of aliphatic hydroxyl groups is 1. The molecule has 1 amide bonds. The molecule has 29 heavy (non-hydrogen) atoms. The quantitative estimate of drug-likeness (QED) is 0.141. The number of likely N-dealkylation sites (tertiary alicyclic amines) is 1. The third-order valence-electron chi connectivity index (χ3n) is 4.78. The minimum absolute atomic E-state index is 0.0102. The lowest BCUT2D eigenvalue weighted by molar-refractivity contribution is -0.128. The van der Waals surface area contributed by atoms with E-state index in [1.165, 1.54) is 42.1 Å². The summed E-state index contributed by atoms with van der Waals surface area (Å²) in [6.45, 7) is 0.550. The highest BCUT2D eigenvalue weighted by Crippen LogP contribution is 2.32. The van der Waals surface area contributed by atoms with E-state index in [1.807, 2.05) is 0 Å². The first-order valence-electron chi connectivity index (χ1n) is 9.57. The highest BCUT2D eigenvalue weighted by Gasteiger charge is 2.39. The van der Waals surface area contributed by atoms with Crippen LogP contribution < -0.4 is 11.2 Å². The van der Waals surface area contributed by atoms with Gasteiger partial charge in [-0.25, -0.2) is 0 Å². The molecule has 6 nitrogen and oxygen atoms in total. The molecule has 0 saturated carbocycles. The summed E-state index contributed by atoms with van der Waals surface area (Å²) in [4.78, 5) is 13.8. The number of alkyl halides is 2. The fourth-order valence-corrected chi connectivity index (χ4v) is 3.92. The molecule has 4 N–H and O–H groups in total. The van der Waals surface area contributed by atoms with Crippen LogP contribution in [0, 0.1) is 0 Å². The molecule has 1 aromatic carbocycles. The van der Waals surface area contributed by atoms with Gasteiger partial charge in [-0.3, -0.25) is 4.79 Å². The number of carbonyl (C=O) groups excluding carboxylic acids is 1. The number of hydrogen-bond donors (Lipinski definition) is 3. The van der Waals surface area contributed by atoms with Crippen LogP contribution >= 0.6 is 11.8 Å². The molecule has 1 heterocycles. The van der Waals surface area contributed by atoms with Gasteiger partial charge in [0, 0.05) is 31.3 Å². The summed E-state index contributed by atoms with van der Waals surface area (Å²) in [7, 11) is 1.74. The number of amides is 1. The molecule has 1 aliphatic heterocycles. The molecule has 1 fully saturated rings. The van der Waals surface area contributed by atoms with Crippen molar-refractivity contribution in [2.45, 2.75) is 43.8 Å². The average Bonchev–Trinajstić information content (AvgIpc) is 3.09. The van der Waals surface area contributed by atoms with Crippen LogP contribution in [0.2, 0.25) is 0 Å². The number of rotatable bonds is 9. The van der Waals surface area contributed by atoms with E-state index in [0.29, 0.717) is 24.6 Å². The molecule has 1 saturated heterocycles. The van der Waals surface area contributed by atoms with Crippen LogP contribution in [0.15, 0.2) is 47.6 Å². The number of thioether (sulfide) groups is 1. The number of carbonyl (C=O) groups is 1. The van der Waals surface area contributed by atoms with Gasteiger partial charge in [0.25, 0.3) is 0 Å². The average molecular weight is 427 g/mol. The standard InChI is InChI=1S/C20H28F2N4O2S/c1-24-19(25-23)29-14-6-5-13-26-16(10-12-18(26)28)9-11-17(27)20(21,22)15-7-3-2-4-8-15/h2-4,7-9,11,16-17,27H,5-6,10,12-14,23H2,1H3,(H,24,25)/b11-9+/t16-,17?/m0/s1. The van der Waals surface area contributed by atoms with E-state index < -0.39 is 12.0 Å². The van der Waals surface area contributed by atoms with E-state index in [4.69, 9.17) is 5.84 Å². The van der Waals surface area contributed by atoms with Gasteiger partial charge in [-0.1, -0.05) is 54.2 Å². The minimum Gasteiger partial charge on any atom is -0.382 e. The van der Waals surface area contributed by atoms with Crippen molar-refractivity contribution in [2.75, 3.05) is 19.3 Å². The summed E-state index contributed by atoms with van der Waals surface area (Å²) in [6, 6.07) is 6.97. The second-order valence-electron chi connectivity index (χ2n) is 6.75. The first kappa shape index (κ1) is 23.2. The lowest BCUT2D eigenvalue weighted by atomic mass is 10.0. The molecule has 2 atom stereocenters. The number of nitrogens with zero attached hydrogens (tertiary/aromatic N) is 2. The predicted molar refractivity (Wildman–Crippen MR) is 113 cm³/mol. The van der Waals surface area contributed by atoms with Crippen LogP contribution in [0.4, 0.5) is 8.78 Å². The summed E-state index contributed by atoms with van der Waals surface area (Å²) in [5.41, 5.74) is -0.240. The summed E-state index contributed by atoms with van der Waals surface area (Å²) < 4.78 is 28.8. The number of benzene rings is 1. The number of amidine groups is 1. The molecule has 1 aliphatic rings. The van der Waals surface area contributed by atoms with Crippen molar-refractivity contribution in [1.29, 1.82) is 0 Å². The summed E-state index contributed by atoms with van der Waals surface area (Å²) in [5, 5.41) is 17.1. The third-order valence-corrected chi connectivity index (χ3v) is 5.86. The fraction of sp³-hybridized carbons (Fsp3) is 0.500. The van der Waals surface area contributed by atoms with Gasteiger partial charge >= 0.3 is 5.92 Å². The lowest BCUT2D eigenvalue weighted by Gasteiger charge is -2.24. The van der Waals surface area contributed by atoms with Crippen LogP contribution in [-0.2, 0) is 10.7 Å². The fourth-order valence-electron chi connectivity index (χ4n) is 3.16. The minimum atomic E-state index is -3.39. The molecule has 0 spiro atoms. The molecule has 9 heteroatoms. The summed E-state index contributed by atoms with van der Waals surface area (Å²) in [6.07, 6.45) is 3.29. The van der Waals surface area contributed by atoms with Crippen LogP contribution in [0.5, 0.6) is 0 Å². The topological polar surface area (TPSA) is 91.0 Å². The Morgan fingerprint density at radius 2 is 2.17 bits per heavy atom. The Kier molecular flexibility index (Phi) is 8.91. The summed E-state index contributed by atoms with van der Waals surface area (Å²) in [5.74, 6) is 2.66. The molecule has 0 radical (unpaired) electrons. The molecule has 1 aromatic rings. The normalized spacial score (nSPS) is 19.2. The third kappa shape index (κ3) is 6.43. The van der Waals surface area contributed by atoms with E-state index >= 15 is 0 Å². The van der Waals surface area contributed by atoms with Gasteiger partial charge in [-0.2, -0.15) is 13.9 Å². The zero-order chi connectivity index (χ0) is 21.3. The Hall–Kier alpha value is -2.13. The molecule has 0 aromatic heterocycles. The van der Waals surface area contributed by atoms with Crippen molar-refractivity contribution in [3.05, 3.63) is 48.0 Å². The molecular formula is C20H28F2N4O2S. The van der Waals surface area contributed by atoms with Crippen molar-refractivity contribution in [1.82, 2.24) is 10.2 Å². The van der Waals surface area contributed by atoms with E-state index in [9.17, 15) is 18.7 Å². The first-order chi connectivity index (χ1) is 13.9. The van der Waals surface area contributed by atoms with Gasteiger partial charge in [0.2, 0.25) is 5.91 Å². The zero-order valence-corrected chi connectivity index (χ0v) is 17.2. The Labute approximate surface area is 174 Å². The Balaban J connectivity index is 1.87. The van der Waals surface area contributed by atoms with Gasteiger partial charge in [0.15, 0.2) is 5.17 Å². The van der Waals surface area contributed by atoms with Gasteiger partial charge in [0.05, 0.1) is 6.04 Å². The van der Waals surface area contributed by atoms with Crippen molar-refractivity contribution < 1.29 is 18.7 Å². The van der Waals surface area contributed by atoms with Crippen LogP contribution in [-0.4, -0.2) is 52.6 Å². The van der Waals surface area contributed by atoms with Crippen molar-refractivity contribution in [3.63, 3.8) is 0 Å². The number of aliphatic hydroxyl groups excluding tert-OH is 1. The highest BCUT2D eigenvalue weighted by molar-refractivity contribution is 8.13. The molecule has 0 bridgehead atoms. The molecular weight excluding hydrogens is 398 g/mol. The smallest absolute Gasteiger partial charge is 0.302 e. The second-order valence-corrected chi connectivity index (χ2v) is 7.84. The number of hydrogen-bond acceptors (Lipinski definition) is 5. The van der Waals surface area contributed by atoms with E-state index in [1.54, 1.807) is 18.0 Å². The summed E-state index contributed by atoms with van der Waals surface area (Å²) >= 11 is 1.50. The zero-order valence-electron chi connectivity index (χ0n) is 16.4. The van der Waals surface area contributed by atoms with Crippen molar-refractivity contribution in [2.24, 2.45) is 10.9 Å². The first-order valence-corrected chi connectivity index (χ1v) is 10.6. The van der Waals surface area contributed by atoms with E-state index in [2.05, 4.69) is 10.4 Å². The maximum atomic E-state index is 14.4. The van der Waals surface area contributed by atoms with Gasteiger partial charge in [-0.15, -0.1) is 0 Å². The van der Waals surface area contributed by atoms with Crippen molar-refractivity contribution >= 4 is 22.8 Å². The maximum Gasteiger partial charge on any atom is 0.302 e. The number of hydrazone groups is 1. The van der Waals surface area contributed by atoms with E-state index in [0.717, 1.165) is 24.7 Å². The van der Waals surface area contributed by atoms with Gasteiger partial charge < -0.3 is 21.2 Å². The highest BCUT2D eigenvalue weighted by atomic mass is 32.2.